The van der Waals surface area contributed by atoms with Crippen molar-refractivity contribution in [2.24, 2.45) is 7.05 Å². The third-order valence-corrected chi connectivity index (χ3v) is 2.54. The molecule has 6 heteroatoms. The van der Waals surface area contributed by atoms with E-state index >= 15 is 0 Å². The fourth-order valence-electron chi connectivity index (χ4n) is 1.61. The topological polar surface area (TPSA) is 59.4 Å². The van der Waals surface area contributed by atoms with E-state index in [-0.39, 0.29) is 5.28 Å². The molecule has 0 fully saturated rings. The summed E-state index contributed by atoms with van der Waals surface area (Å²) < 4.78 is 1.75. The second kappa shape index (κ2) is 3.31. The Hall–Kier alpha value is -1.88. The average Bonchev–Trinajstić information content (AvgIpc) is 2.83. The van der Waals surface area contributed by atoms with Crippen molar-refractivity contribution in [3.05, 3.63) is 29.9 Å². The number of aromatic nitrogens is 5. The highest BCUT2D eigenvalue weighted by molar-refractivity contribution is 6.28. The summed E-state index contributed by atoms with van der Waals surface area (Å²) in [5.74, 6) is 0. The van der Waals surface area contributed by atoms with Crippen molar-refractivity contribution in [2.45, 2.75) is 0 Å². The minimum atomic E-state index is 0.254. The SMILES string of the molecule is Cn1cc(-c2cc3nc(Cl)ncc3[nH]2)cn1. The molecular formula is C10H8ClN5. The molecule has 3 aromatic rings. The lowest BCUT2D eigenvalue weighted by molar-refractivity contribution is 0.768. The van der Waals surface area contributed by atoms with E-state index in [1.807, 2.05) is 19.3 Å². The second-order valence-corrected chi connectivity index (χ2v) is 3.86. The molecule has 5 nitrogen and oxygen atoms in total. The summed E-state index contributed by atoms with van der Waals surface area (Å²) in [6.07, 6.45) is 5.39. The quantitative estimate of drug-likeness (QED) is 0.654. The van der Waals surface area contributed by atoms with Crippen LogP contribution in [0, 0.1) is 0 Å². The number of fused-ring (bicyclic) bond motifs is 1. The Morgan fingerprint density at radius 2 is 2.25 bits per heavy atom. The molecule has 3 rings (SSSR count). The lowest BCUT2D eigenvalue weighted by Gasteiger charge is -1.88. The van der Waals surface area contributed by atoms with Crippen LogP contribution in [0.4, 0.5) is 0 Å². The molecule has 3 aromatic heterocycles. The standard InChI is InChI=1S/C10H8ClN5/c1-16-5-6(3-13-16)7-2-8-9(14-7)4-12-10(11)15-8/h2-5,14H,1H3. The van der Waals surface area contributed by atoms with Gasteiger partial charge in [-0.3, -0.25) is 4.68 Å². The maximum atomic E-state index is 5.73. The van der Waals surface area contributed by atoms with Gasteiger partial charge in [-0.2, -0.15) is 5.10 Å². The number of aromatic amines is 1. The highest BCUT2D eigenvalue weighted by atomic mass is 35.5. The predicted octanol–water partition coefficient (Wildman–Crippen LogP) is 2.01. The molecule has 0 aliphatic rings. The number of aryl methyl sites for hydroxylation is 1. The summed E-state index contributed by atoms with van der Waals surface area (Å²) in [6, 6.07) is 1.93. The highest BCUT2D eigenvalue weighted by Crippen LogP contribution is 2.22. The third kappa shape index (κ3) is 1.45. The van der Waals surface area contributed by atoms with Crippen molar-refractivity contribution in [1.29, 1.82) is 0 Å². The zero-order valence-electron chi connectivity index (χ0n) is 8.48. The number of halogens is 1. The van der Waals surface area contributed by atoms with E-state index in [1.54, 1.807) is 17.1 Å². The number of hydrogen-bond donors (Lipinski definition) is 1. The first-order valence-corrected chi connectivity index (χ1v) is 5.10. The molecule has 3 heterocycles. The zero-order valence-corrected chi connectivity index (χ0v) is 9.23. The number of hydrogen-bond acceptors (Lipinski definition) is 3. The van der Waals surface area contributed by atoms with Crippen LogP contribution in [0.15, 0.2) is 24.7 Å². The van der Waals surface area contributed by atoms with Crippen molar-refractivity contribution in [3.63, 3.8) is 0 Å². The molecule has 1 N–H and O–H groups in total. The largest absolute Gasteiger partial charge is 0.352 e. The molecule has 0 radical (unpaired) electrons. The third-order valence-electron chi connectivity index (χ3n) is 2.36. The van der Waals surface area contributed by atoms with Gasteiger partial charge in [0.15, 0.2) is 0 Å². The Kier molecular flexibility index (Phi) is 1.94. The van der Waals surface area contributed by atoms with Gasteiger partial charge in [-0.05, 0) is 17.7 Å². The van der Waals surface area contributed by atoms with Gasteiger partial charge in [0.2, 0.25) is 5.28 Å². The average molecular weight is 234 g/mol. The molecular weight excluding hydrogens is 226 g/mol. The number of nitrogens with one attached hydrogen (secondary N) is 1. The Labute approximate surface area is 96.1 Å². The van der Waals surface area contributed by atoms with E-state index in [4.69, 9.17) is 11.6 Å². The van der Waals surface area contributed by atoms with E-state index in [0.29, 0.717) is 0 Å². The van der Waals surface area contributed by atoms with E-state index in [1.165, 1.54) is 0 Å². The van der Waals surface area contributed by atoms with Crippen LogP contribution in [-0.4, -0.2) is 24.7 Å². The van der Waals surface area contributed by atoms with E-state index < -0.39 is 0 Å². The van der Waals surface area contributed by atoms with Gasteiger partial charge in [-0.1, -0.05) is 0 Å². The van der Waals surface area contributed by atoms with Gasteiger partial charge >= 0.3 is 0 Å². The Morgan fingerprint density at radius 3 is 3.00 bits per heavy atom. The van der Waals surface area contributed by atoms with Gasteiger partial charge in [0.05, 0.1) is 29.1 Å². The van der Waals surface area contributed by atoms with Crippen LogP contribution in [-0.2, 0) is 7.05 Å². The maximum Gasteiger partial charge on any atom is 0.223 e. The molecule has 0 amide bonds. The first-order valence-electron chi connectivity index (χ1n) is 4.72. The van der Waals surface area contributed by atoms with Crippen LogP contribution in [0.1, 0.15) is 0 Å². The lowest BCUT2D eigenvalue weighted by atomic mass is 10.2. The number of rotatable bonds is 1. The van der Waals surface area contributed by atoms with Gasteiger partial charge in [0, 0.05) is 18.8 Å². The molecule has 0 aliphatic carbocycles. The van der Waals surface area contributed by atoms with Gasteiger partial charge in [-0.15, -0.1) is 0 Å². The van der Waals surface area contributed by atoms with Gasteiger partial charge in [-0.25, -0.2) is 9.97 Å². The molecule has 0 unspecified atom stereocenters. The van der Waals surface area contributed by atoms with E-state index in [9.17, 15) is 0 Å². The molecule has 0 saturated heterocycles. The number of nitrogens with zero attached hydrogens (tertiary/aromatic N) is 4. The van der Waals surface area contributed by atoms with E-state index in [0.717, 1.165) is 22.3 Å². The first-order chi connectivity index (χ1) is 7.72. The first kappa shape index (κ1) is 9.35. The molecule has 0 atom stereocenters. The van der Waals surface area contributed by atoms with Crippen molar-refractivity contribution in [1.82, 2.24) is 24.7 Å². The van der Waals surface area contributed by atoms with Crippen molar-refractivity contribution < 1.29 is 0 Å². The van der Waals surface area contributed by atoms with Crippen molar-refractivity contribution >= 4 is 22.6 Å². The Balaban J connectivity index is 2.18. The van der Waals surface area contributed by atoms with Gasteiger partial charge in [0.1, 0.15) is 0 Å². The fourth-order valence-corrected chi connectivity index (χ4v) is 1.75. The minimum Gasteiger partial charge on any atom is -0.352 e. The molecule has 80 valence electrons. The molecule has 0 saturated carbocycles. The highest BCUT2D eigenvalue weighted by Gasteiger charge is 2.06. The van der Waals surface area contributed by atoms with Crippen LogP contribution in [0.2, 0.25) is 5.28 Å². The van der Waals surface area contributed by atoms with E-state index in [2.05, 4.69) is 20.1 Å². The second-order valence-electron chi connectivity index (χ2n) is 3.52. The molecule has 0 bridgehead atoms. The minimum absolute atomic E-state index is 0.254. The van der Waals surface area contributed by atoms with Crippen LogP contribution < -0.4 is 0 Å². The van der Waals surface area contributed by atoms with Crippen LogP contribution in [0.25, 0.3) is 22.3 Å². The summed E-state index contributed by atoms with van der Waals surface area (Å²) in [5, 5.41) is 4.37. The smallest absolute Gasteiger partial charge is 0.223 e. The molecule has 0 spiro atoms. The summed E-state index contributed by atoms with van der Waals surface area (Å²) in [6.45, 7) is 0. The Morgan fingerprint density at radius 1 is 1.38 bits per heavy atom. The Bertz CT molecular complexity index is 654. The van der Waals surface area contributed by atoms with Gasteiger partial charge < -0.3 is 4.98 Å². The van der Waals surface area contributed by atoms with Crippen LogP contribution in [0.5, 0.6) is 0 Å². The van der Waals surface area contributed by atoms with Crippen molar-refractivity contribution in [2.75, 3.05) is 0 Å². The van der Waals surface area contributed by atoms with Gasteiger partial charge in [0.25, 0.3) is 0 Å². The monoisotopic (exact) mass is 233 g/mol. The maximum absolute atomic E-state index is 5.73. The lowest BCUT2D eigenvalue weighted by Crippen LogP contribution is -1.84. The van der Waals surface area contributed by atoms with Crippen LogP contribution >= 0.6 is 11.6 Å². The molecule has 16 heavy (non-hydrogen) atoms. The summed E-state index contributed by atoms with van der Waals surface area (Å²) in [4.78, 5) is 11.3. The van der Waals surface area contributed by atoms with Crippen molar-refractivity contribution in [3.8, 4) is 11.3 Å². The predicted molar refractivity (Wildman–Crippen MR) is 61.1 cm³/mol. The number of H-pyrrole nitrogens is 1. The zero-order chi connectivity index (χ0) is 11.1. The normalized spacial score (nSPS) is 11.1. The summed E-state index contributed by atoms with van der Waals surface area (Å²) >= 11 is 5.73. The molecule has 0 aromatic carbocycles. The summed E-state index contributed by atoms with van der Waals surface area (Å²) in [7, 11) is 1.88. The fraction of sp³-hybridized carbons (Fsp3) is 0.100. The summed E-state index contributed by atoms with van der Waals surface area (Å²) in [5.41, 5.74) is 3.64. The van der Waals surface area contributed by atoms with Crippen LogP contribution in [0.3, 0.4) is 0 Å². The molecule has 0 aliphatic heterocycles.